The third kappa shape index (κ3) is 5.25. The summed E-state index contributed by atoms with van der Waals surface area (Å²) in [5, 5.41) is 0.583. The van der Waals surface area contributed by atoms with Crippen LogP contribution in [0.4, 0.5) is 0 Å². The van der Waals surface area contributed by atoms with E-state index >= 15 is 0 Å². The molecule has 0 spiro atoms. The zero-order valence-corrected chi connectivity index (χ0v) is 17.5. The Kier molecular flexibility index (Phi) is 6.52. The lowest BCUT2D eigenvalue weighted by Crippen LogP contribution is -2.03. The van der Waals surface area contributed by atoms with E-state index in [-0.39, 0.29) is 0 Å². The topological polar surface area (TPSA) is 31.4 Å². The molecule has 0 unspecified atom stereocenters. The summed E-state index contributed by atoms with van der Waals surface area (Å²) in [4.78, 5) is 4.63. The van der Waals surface area contributed by atoms with E-state index in [1.807, 2.05) is 78.9 Å². The molecule has 4 aromatic rings. The van der Waals surface area contributed by atoms with Crippen LogP contribution in [0, 0.1) is 12.3 Å². The number of halogens is 1. The standard InChI is InChI=1S/C27H20ClNO2/c1-2-22-17-23(28)13-14-24(22)25-15-16-26(30-18-20-9-5-3-6-10-20)29-27(25)31-19-21-11-7-4-8-12-21/h1,3-17H,18-19H2. The zero-order valence-electron chi connectivity index (χ0n) is 16.8. The summed E-state index contributed by atoms with van der Waals surface area (Å²) in [5.41, 5.74) is 4.40. The van der Waals surface area contributed by atoms with E-state index in [0.29, 0.717) is 35.6 Å². The molecule has 0 bridgehead atoms. The number of benzene rings is 3. The van der Waals surface area contributed by atoms with E-state index in [9.17, 15) is 0 Å². The second-order valence-corrected chi connectivity index (χ2v) is 7.32. The van der Waals surface area contributed by atoms with Crippen molar-refractivity contribution in [2.75, 3.05) is 0 Å². The second-order valence-electron chi connectivity index (χ2n) is 6.88. The summed E-state index contributed by atoms with van der Waals surface area (Å²) in [6, 6.07) is 29.1. The van der Waals surface area contributed by atoms with Gasteiger partial charge in [0.25, 0.3) is 0 Å². The molecule has 1 heterocycles. The van der Waals surface area contributed by atoms with Gasteiger partial charge in [-0.1, -0.05) is 84.3 Å². The van der Waals surface area contributed by atoms with Gasteiger partial charge in [0.05, 0.1) is 0 Å². The lowest BCUT2D eigenvalue weighted by Gasteiger charge is -2.14. The Morgan fingerprint density at radius 1 is 0.742 bits per heavy atom. The van der Waals surface area contributed by atoms with Crippen LogP contribution in [-0.2, 0) is 13.2 Å². The summed E-state index contributed by atoms with van der Waals surface area (Å²) < 4.78 is 12.0. The van der Waals surface area contributed by atoms with Gasteiger partial charge in [-0.05, 0) is 29.3 Å². The summed E-state index contributed by atoms with van der Waals surface area (Å²) in [7, 11) is 0. The number of ether oxygens (including phenoxy) is 2. The molecule has 0 saturated heterocycles. The van der Waals surface area contributed by atoms with Gasteiger partial charge in [0.15, 0.2) is 0 Å². The van der Waals surface area contributed by atoms with E-state index in [0.717, 1.165) is 22.3 Å². The Balaban J connectivity index is 1.65. The Hall–Kier alpha value is -3.74. The van der Waals surface area contributed by atoms with E-state index in [4.69, 9.17) is 27.5 Å². The SMILES string of the molecule is C#Cc1cc(Cl)ccc1-c1ccc(OCc2ccccc2)nc1OCc1ccccc1. The Bertz CT molecular complexity index is 1200. The predicted octanol–water partition coefficient (Wildman–Crippen LogP) is 6.54. The average Bonchev–Trinajstić information content (AvgIpc) is 2.83. The van der Waals surface area contributed by atoms with Gasteiger partial charge in [0.2, 0.25) is 11.8 Å². The Morgan fingerprint density at radius 3 is 2.00 bits per heavy atom. The molecule has 1 aromatic heterocycles. The van der Waals surface area contributed by atoms with Crippen LogP contribution in [0.5, 0.6) is 11.8 Å². The van der Waals surface area contributed by atoms with Crippen molar-refractivity contribution in [1.82, 2.24) is 4.98 Å². The molecular weight excluding hydrogens is 406 g/mol. The van der Waals surface area contributed by atoms with Crippen molar-refractivity contribution in [2.24, 2.45) is 0 Å². The lowest BCUT2D eigenvalue weighted by atomic mass is 10.0. The first-order valence-corrected chi connectivity index (χ1v) is 10.2. The smallest absolute Gasteiger partial charge is 0.225 e. The van der Waals surface area contributed by atoms with Gasteiger partial charge in [-0.3, -0.25) is 0 Å². The molecule has 152 valence electrons. The number of pyridine rings is 1. The summed E-state index contributed by atoms with van der Waals surface area (Å²) in [5.74, 6) is 3.63. The van der Waals surface area contributed by atoms with Crippen LogP contribution in [0.3, 0.4) is 0 Å². The van der Waals surface area contributed by atoms with Gasteiger partial charge < -0.3 is 9.47 Å². The van der Waals surface area contributed by atoms with Crippen molar-refractivity contribution < 1.29 is 9.47 Å². The van der Waals surface area contributed by atoms with E-state index in [1.54, 1.807) is 12.1 Å². The maximum absolute atomic E-state index is 6.13. The molecular formula is C27H20ClNO2. The lowest BCUT2D eigenvalue weighted by molar-refractivity contribution is 0.268. The quantitative estimate of drug-likeness (QED) is 0.315. The third-order valence-electron chi connectivity index (χ3n) is 4.71. The van der Waals surface area contributed by atoms with Crippen molar-refractivity contribution in [2.45, 2.75) is 13.2 Å². The molecule has 0 fully saturated rings. The maximum atomic E-state index is 6.13. The molecule has 0 saturated carbocycles. The van der Waals surface area contributed by atoms with Crippen LogP contribution >= 0.6 is 11.6 Å². The van der Waals surface area contributed by atoms with Crippen molar-refractivity contribution in [3.05, 3.63) is 113 Å². The highest BCUT2D eigenvalue weighted by Crippen LogP contribution is 2.34. The molecule has 0 aliphatic rings. The van der Waals surface area contributed by atoms with Gasteiger partial charge >= 0.3 is 0 Å². The summed E-state index contributed by atoms with van der Waals surface area (Å²) >= 11 is 6.13. The second kappa shape index (κ2) is 9.84. The van der Waals surface area contributed by atoms with Gasteiger partial charge in [-0.25, -0.2) is 0 Å². The predicted molar refractivity (Wildman–Crippen MR) is 124 cm³/mol. The summed E-state index contributed by atoms with van der Waals surface area (Å²) in [6.07, 6.45) is 5.72. The van der Waals surface area contributed by atoms with Crippen LogP contribution in [-0.4, -0.2) is 4.98 Å². The zero-order chi connectivity index (χ0) is 21.5. The summed E-state index contributed by atoms with van der Waals surface area (Å²) in [6.45, 7) is 0.795. The third-order valence-corrected chi connectivity index (χ3v) is 4.95. The minimum atomic E-state index is 0.377. The van der Waals surface area contributed by atoms with Gasteiger partial charge in [-0.2, -0.15) is 4.98 Å². The molecule has 0 atom stereocenters. The molecule has 0 amide bonds. The molecule has 4 rings (SSSR count). The van der Waals surface area contributed by atoms with Crippen molar-refractivity contribution in [3.63, 3.8) is 0 Å². The van der Waals surface area contributed by atoms with Gasteiger partial charge in [-0.15, -0.1) is 6.42 Å². The highest BCUT2D eigenvalue weighted by atomic mass is 35.5. The van der Waals surface area contributed by atoms with E-state index in [1.165, 1.54) is 0 Å². The fraction of sp³-hybridized carbons (Fsp3) is 0.0741. The van der Waals surface area contributed by atoms with Crippen molar-refractivity contribution in [1.29, 1.82) is 0 Å². The maximum Gasteiger partial charge on any atom is 0.225 e. The monoisotopic (exact) mass is 425 g/mol. The van der Waals surface area contributed by atoms with Gasteiger partial charge in [0, 0.05) is 27.8 Å². The molecule has 31 heavy (non-hydrogen) atoms. The van der Waals surface area contributed by atoms with E-state index in [2.05, 4.69) is 10.9 Å². The molecule has 0 radical (unpaired) electrons. The first kappa shape index (κ1) is 20.5. The number of aromatic nitrogens is 1. The minimum absolute atomic E-state index is 0.377. The molecule has 0 N–H and O–H groups in total. The van der Waals surface area contributed by atoms with Crippen molar-refractivity contribution >= 4 is 11.6 Å². The molecule has 3 nitrogen and oxygen atoms in total. The molecule has 3 aromatic carbocycles. The minimum Gasteiger partial charge on any atom is -0.473 e. The number of rotatable bonds is 7. The number of hydrogen-bond acceptors (Lipinski definition) is 3. The fourth-order valence-corrected chi connectivity index (χ4v) is 3.32. The number of hydrogen-bond donors (Lipinski definition) is 0. The van der Waals surface area contributed by atoms with Crippen LogP contribution in [0.25, 0.3) is 11.1 Å². The number of nitrogens with zero attached hydrogens (tertiary/aromatic N) is 1. The molecule has 0 aliphatic carbocycles. The fourth-order valence-electron chi connectivity index (χ4n) is 3.15. The van der Waals surface area contributed by atoms with Crippen LogP contribution in [0.2, 0.25) is 5.02 Å². The van der Waals surface area contributed by atoms with Crippen molar-refractivity contribution in [3.8, 4) is 35.2 Å². The van der Waals surface area contributed by atoms with Crippen LogP contribution in [0.1, 0.15) is 16.7 Å². The normalized spacial score (nSPS) is 10.3. The van der Waals surface area contributed by atoms with Gasteiger partial charge in [0.1, 0.15) is 13.2 Å². The van der Waals surface area contributed by atoms with Crippen LogP contribution < -0.4 is 9.47 Å². The average molecular weight is 426 g/mol. The molecule has 0 aliphatic heterocycles. The Morgan fingerprint density at radius 2 is 1.35 bits per heavy atom. The largest absolute Gasteiger partial charge is 0.473 e. The first-order chi connectivity index (χ1) is 15.2. The molecule has 4 heteroatoms. The highest BCUT2D eigenvalue weighted by Gasteiger charge is 2.14. The highest BCUT2D eigenvalue weighted by molar-refractivity contribution is 6.30. The van der Waals surface area contributed by atoms with Crippen LogP contribution in [0.15, 0.2) is 91.0 Å². The van der Waals surface area contributed by atoms with E-state index < -0.39 is 0 Å². The number of terminal acetylenes is 1. The Labute approximate surface area is 187 Å². The first-order valence-electron chi connectivity index (χ1n) is 9.84.